The minimum absolute atomic E-state index is 0.114. The van der Waals surface area contributed by atoms with Crippen LogP contribution in [0, 0.1) is 24.0 Å². The smallest absolute Gasteiger partial charge is 0.271 e. The number of nitrogens with zero attached hydrogens (tertiary/aromatic N) is 4. The molecule has 0 spiro atoms. The number of nitro benzene ring substituents is 1. The summed E-state index contributed by atoms with van der Waals surface area (Å²) in [5, 5.41) is 18.3. The number of amides is 2. The Kier molecular flexibility index (Phi) is 7.46. The van der Waals surface area contributed by atoms with Crippen molar-refractivity contribution in [3.63, 3.8) is 0 Å². The average molecular weight is 465 g/mol. The number of anilines is 1. The van der Waals surface area contributed by atoms with Crippen LogP contribution in [-0.2, 0) is 4.79 Å². The lowest BCUT2D eigenvalue weighted by Gasteiger charge is -2.07. The normalized spacial score (nSPS) is 10.8. The lowest BCUT2D eigenvalue weighted by atomic mass is 10.2. The predicted molar refractivity (Wildman–Crippen MR) is 125 cm³/mol. The molecular weight excluding hydrogens is 444 g/mol. The Hall–Kier alpha value is -4.12. The van der Waals surface area contributed by atoms with E-state index in [1.807, 2.05) is 19.9 Å². The highest BCUT2D eigenvalue weighted by Gasteiger charge is 2.13. The molecule has 0 aliphatic carbocycles. The fraction of sp³-hybridized carbons (Fsp3) is 0.136. The van der Waals surface area contributed by atoms with Crippen molar-refractivity contribution in [2.45, 2.75) is 30.8 Å². The second-order valence-corrected chi connectivity index (χ2v) is 7.98. The van der Waals surface area contributed by atoms with Crippen molar-refractivity contribution in [1.29, 1.82) is 0 Å². The number of carbonyl (C=O) groups excluding carboxylic acids is 2. The Balaban J connectivity index is 1.82. The van der Waals surface area contributed by atoms with Crippen molar-refractivity contribution in [3.05, 3.63) is 81.2 Å². The van der Waals surface area contributed by atoms with Crippen LogP contribution in [0.2, 0.25) is 0 Å². The number of hydrogen-bond donors (Lipinski definition) is 2. The maximum Gasteiger partial charge on any atom is 0.271 e. The van der Waals surface area contributed by atoms with E-state index in [0.29, 0.717) is 21.3 Å². The molecule has 0 saturated heterocycles. The number of nitrogens with one attached hydrogen (secondary N) is 2. The van der Waals surface area contributed by atoms with Gasteiger partial charge in [0.15, 0.2) is 5.16 Å². The summed E-state index contributed by atoms with van der Waals surface area (Å²) in [5.41, 5.74) is 5.07. The van der Waals surface area contributed by atoms with Crippen molar-refractivity contribution < 1.29 is 14.5 Å². The first-order valence-electron chi connectivity index (χ1n) is 9.71. The van der Waals surface area contributed by atoms with Crippen molar-refractivity contribution in [2.24, 2.45) is 5.10 Å². The second kappa shape index (κ2) is 10.5. The quantitative estimate of drug-likeness (QED) is 0.234. The SMILES string of the molecule is CC(=O)Nc1cccc(C(=O)N/N=C/c2cc([N+](=O)[O-])ccc2Sc2nc(C)cc(C)n2)c1. The van der Waals surface area contributed by atoms with Crippen LogP contribution in [-0.4, -0.2) is 32.9 Å². The van der Waals surface area contributed by atoms with Crippen LogP contribution in [0.4, 0.5) is 11.4 Å². The van der Waals surface area contributed by atoms with Gasteiger partial charge in [-0.3, -0.25) is 19.7 Å². The number of rotatable bonds is 7. The van der Waals surface area contributed by atoms with Crippen LogP contribution in [0.3, 0.4) is 0 Å². The van der Waals surface area contributed by atoms with Gasteiger partial charge in [-0.15, -0.1) is 0 Å². The fourth-order valence-electron chi connectivity index (χ4n) is 2.85. The van der Waals surface area contributed by atoms with E-state index in [1.165, 1.54) is 43.1 Å². The molecule has 3 rings (SSSR count). The van der Waals surface area contributed by atoms with Crippen molar-refractivity contribution in [2.75, 3.05) is 5.32 Å². The lowest BCUT2D eigenvalue weighted by molar-refractivity contribution is -0.384. The molecule has 1 heterocycles. The lowest BCUT2D eigenvalue weighted by Crippen LogP contribution is -2.18. The first kappa shape index (κ1) is 23.5. The molecule has 2 amide bonds. The molecular formula is C22H20N6O4S. The van der Waals surface area contributed by atoms with E-state index in [4.69, 9.17) is 0 Å². The van der Waals surface area contributed by atoms with Crippen LogP contribution in [0.5, 0.6) is 0 Å². The summed E-state index contributed by atoms with van der Waals surface area (Å²) in [6, 6.07) is 12.5. The van der Waals surface area contributed by atoms with Gasteiger partial charge in [0.1, 0.15) is 0 Å². The van der Waals surface area contributed by atoms with Gasteiger partial charge in [0.25, 0.3) is 11.6 Å². The largest absolute Gasteiger partial charge is 0.326 e. The number of aryl methyl sites for hydroxylation is 2. The number of hydrogen-bond acceptors (Lipinski definition) is 8. The molecule has 0 aliphatic heterocycles. The van der Waals surface area contributed by atoms with Gasteiger partial charge in [0.05, 0.1) is 11.1 Å². The highest BCUT2D eigenvalue weighted by Crippen LogP contribution is 2.30. The van der Waals surface area contributed by atoms with Gasteiger partial charge in [0.2, 0.25) is 5.91 Å². The summed E-state index contributed by atoms with van der Waals surface area (Å²) in [7, 11) is 0. The molecule has 33 heavy (non-hydrogen) atoms. The summed E-state index contributed by atoms with van der Waals surface area (Å²) >= 11 is 1.24. The minimum atomic E-state index is -0.509. The molecule has 0 fully saturated rings. The van der Waals surface area contributed by atoms with E-state index in [9.17, 15) is 19.7 Å². The summed E-state index contributed by atoms with van der Waals surface area (Å²) in [6.07, 6.45) is 1.33. The van der Waals surface area contributed by atoms with Gasteiger partial charge in [0, 0.05) is 52.2 Å². The monoisotopic (exact) mass is 464 g/mol. The molecule has 11 heteroatoms. The molecule has 0 aliphatic rings. The molecule has 0 bridgehead atoms. The third-order valence-electron chi connectivity index (χ3n) is 4.18. The average Bonchev–Trinajstić information content (AvgIpc) is 2.73. The summed E-state index contributed by atoms with van der Waals surface area (Å²) < 4.78 is 0. The molecule has 3 aromatic rings. The van der Waals surface area contributed by atoms with Gasteiger partial charge in [-0.05, 0) is 55.9 Å². The van der Waals surface area contributed by atoms with Crippen molar-refractivity contribution in [1.82, 2.24) is 15.4 Å². The first-order chi connectivity index (χ1) is 15.7. The van der Waals surface area contributed by atoms with Crippen molar-refractivity contribution in [3.8, 4) is 0 Å². The predicted octanol–water partition coefficient (Wildman–Crippen LogP) is 3.88. The number of hydrazone groups is 1. The summed E-state index contributed by atoms with van der Waals surface area (Å²) in [6.45, 7) is 5.08. The molecule has 0 radical (unpaired) electrons. The molecule has 2 N–H and O–H groups in total. The topological polar surface area (TPSA) is 139 Å². The van der Waals surface area contributed by atoms with Crippen LogP contribution in [0.15, 0.2) is 63.7 Å². The van der Waals surface area contributed by atoms with E-state index >= 15 is 0 Å². The molecule has 0 atom stereocenters. The van der Waals surface area contributed by atoms with Crippen LogP contribution >= 0.6 is 11.8 Å². The molecule has 1 aromatic heterocycles. The Morgan fingerprint density at radius 1 is 1.09 bits per heavy atom. The molecule has 10 nitrogen and oxygen atoms in total. The molecule has 0 saturated carbocycles. The molecule has 168 valence electrons. The third-order valence-corrected chi connectivity index (χ3v) is 5.14. The highest BCUT2D eigenvalue weighted by molar-refractivity contribution is 7.99. The van der Waals surface area contributed by atoms with Gasteiger partial charge in [-0.2, -0.15) is 5.10 Å². The van der Waals surface area contributed by atoms with E-state index in [-0.39, 0.29) is 17.2 Å². The zero-order valence-corrected chi connectivity index (χ0v) is 18.8. The Labute approximate surface area is 193 Å². The number of non-ortho nitro benzene ring substituents is 1. The van der Waals surface area contributed by atoms with Crippen LogP contribution in [0.1, 0.15) is 34.2 Å². The third kappa shape index (κ3) is 6.68. The van der Waals surface area contributed by atoms with E-state index < -0.39 is 10.8 Å². The van der Waals surface area contributed by atoms with E-state index in [2.05, 4.69) is 25.8 Å². The van der Waals surface area contributed by atoms with Gasteiger partial charge < -0.3 is 5.32 Å². The second-order valence-electron chi connectivity index (χ2n) is 6.98. The Bertz CT molecular complexity index is 1240. The molecule has 2 aromatic carbocycles. The highest BCUT2D eigenvalue weighted by atomic mass is 32.2. The zero-order valence-electron chi connectivity index (χ0n) is 18.0. The van der Waals surface area contributed by atoms with E-state index in [0.717, 1.165) is 11.4 Å². The van der Waals surface area contributed by atoms with Crippen molar-refractivity contribution >= 4 is 41.2 Å². The Morgan fingerprint density at radius 2 is 1.82 bits per heavy atom. The number of nitro groups is 1. The minimum Gasteiger partial charge on any atom is -0.326 e. The zero-order chi connectivity index (χ0) is 24.0. The van der Waals surface area contributed by atoms with Gasteiger partial charge in [-0.1, -0.05) is 6.07 Å². The van der Waals surface area contributed by atoms with Crippen LogP contribution in [0.25, 0.3) is 0 Å². The number of aromatic nitrogens is 2. The van der Waals surface area contributed by atoms with Gasteiger partial charge in [-0.25, -0.2) is 15.4 Å². The fourth-order valence-corrected chi connectivity index (χ4v) is 3.79. The maximum absolute atomic E-state index is 12.4. The number of carbonyl (C=O) groups is 2. The first-order valence-corrected chi connectivity index (χ1v) is 10.5. The van der Waals surface area contributed by atoms with E-state index in [1.54, 1.807) is 24.3 Å². The molecule has 0 unspecified atom stereocenters. The Morgan fingerprint density at radius 3 is 2.48 bits per heavy atom. The van der Waals surface area contributed by atoms with Gasteiger partial charge >= 0.3 is 0 Å². The summed E-state index contributed by atoms with van der Waals surface area (Å²) in [5.74, 6) is -0.759. The van der Waals surface area contributed by atoms with Crippen LogP contribution < -0.4 is 10.7 Å². The maximum atomic E-state index is 12.4. The standard InChI is InChI=1S/C22H20N6O4S/c1-13-9-14(2)25-22(24-13)33-20-8-7-19(28(31)32)11-17(20)12-23-27-21(30)16-5-4-6-18(10-16)26-15(3)29/h4-12H,1-3H3,(H,26,29)(H,27,30)/b23-12+. The number of benzene rings is 2. The summed E-state index contributed by atoms with van der Waals surface area (Å²) in [4.78, 5) is 43.7.